The van der Waals surface area contributed by atoms with Crippen LogP contribution in [0, 0.1) is 0 Å². The molecule has 0 fully saturated rings. The summed E-state index contributed by atoms with van der Waals surface area (Å²) in [7, 11) is 0. The lowest BCUT2D eigenvalue weighted by Crippen LogP contribution is -2.41. The molecule has 0 saturated heterocycles. The summed E-state index contributed by atoms with van der Waals surface area (Å²) in [6.07, 6.45) is 3.56. The molecule has 0 saturated carbocycles. The van der Waals surface area contributed by atoms with E-state index in [1.54, 1.807) is 0 Å². The highest BCUT2D eigenvalue weighted by Crippen LogP contribution is 2.09. The quantitative estimate of drug-likeness (QED) is 0.641. The van der Waals surface area contributed by atoms with Crippen LogP contribution in [0.15, 0.2) is 0 Å². The Balaban J connectivity index is 4.19. The Morgan fingerprint density at radius 1 is 1.24 bits per heavy atom. The van der Waals surface area contributed by atoms with E-state index in [0.29, 0.717) is 25.3 Å². The molecule has 21 heavy (non-hydrogen) atoms. The van der Waals surface area contributed by atoms with Gasteiger partial charge in [0.15, 0.2) is 0 Å². The molecular weight excluding hydrogens is 292 g/mol. The molecule has 2 N–H and O–H groups in total. The molecule has 124 valence electrons. The molecule has 0 bridgehead atoms. The van der Waals surface area contributed by atoms with Gasteiger partial charge in [-0.05, 0) is 33.6 Å². The molecule has 1 unspecified atom stereocenters. The highest BCUT2D eigenvalue weighted by Gasteiger charge is 2.19. The summed E-state index contributed by atoms with van der Waals surface area (Å²) in [4.78, 5) is 23.1. The molecular formula is C15H29ClN2O3. The van der Waals surface area contributed by atoms with Gasteiger partial charge in [0, 0.05) is 24.9 Å². The minimum Gasteiger partial charge on any atom is -0.444 e. The summed E-state index contributed by atoms with van der Waals surface area (Å²) in [5.41, 5.74) is -0.506. The molecule has 2 amide bonds. The highest BCUT2D eigenvalue weighted by molar-refractivity contribution is 6.18. The molecule has 0 aliphatic carbocycles. The molecule has 0 aliphatic heterocycles. The van der Waals surface area contributed by atoms with Crippen LogP contribution in [-0.4, -0.2) is 36.1 Å². The van der Waals surface area contributed by atoms with Gasteiger partial charge in [0.2, 0.25) is 5.91 Å². The first-order chi connectivity index (χ1) is 9.78. The number of amides is 2. The van der Waals surface area contributed by atoms with Crippen molar-refractivity contribution in [3.05, 3.63) is 0 Å². The SMILES string of the molecule is CCCCC(CCNC(=O)CCCl)NC(=O)OC(C)(C)C. The summed E-state index contributed by atoms with van der Waals surface area (Å²) in [6, 6.07) is 0.0103. The van der Waals surface area contributed by atoms with E-state index in [1.165, 1.54) is 0 Å². The smallest absolute Gasteiger partial charge is 0.407 e. The minimum absolute atomic E-state index is 0.0103. The van der Waals surface area contributed by atoms with Crippen LogP contribution in [0.3, 0.4) is 0 Å². The van der Waals surface area contributed by atoms with Crippen LogP contribution >= 0.6 is 11.6 Å². The van der Waals surface area contributed by atoms with Crippen molar-refractivity contribution in [2.45, 2.75) is 71.4 Å². The number of alkyl halides is 1. The zero-order valence-electron chi connectivity index (χ0n) is 13.6. The van der Waals surface area contributed by atoms with Gasteiger partial charge in [-0.25, -0.2) is 4.79 Å². The molecule has 0 aromatic rings. The van der Waals surface area contributed by atoms with E-state index in [9.17, 15) is 9.59 Å². The molecule has 0 aromatic heterocycles. The zero-order chi connectivity index (χ0) is 16.3. The van der Waals surface area contributed by atoms with Gasteiger partial charge in [-0.3, -0.25) is 4.79 Å². The number of unbranched alkanes of at least 4 members (excludes halogenated alkanes) is 1. The Hall–Kier alpha value is -0.970. The van der Waals surface area contributed by atoms with E-state index in [-0.39, 0.29) is 11.9 Å². The van der Waals surface area contributed by atoms with E-state index in [1.807, 2.05) is 20.8 Å². The summed E-state index contributed by atoms with van der Waals surface area (Å²) < 4.78 is 5.26. The topological polar surface area (TPSA) is 67.4 Å². The lowest BCUT2D eigenvalue weighted by molar-refractivity contribution is -0.120. The van der Waals surface area contributed by atoms with Crippen LogP contribution < -0.4 is 10.6 Å². The van der Waals surface area contributed by atoms with Crippen molar-refractivity contribution < 1.29 is 14.3 Å². The molecule has 0 aromatic carbocycles. The van der Waals surface area contributed by atoms with Crippen molar-refractivity contribution >= 4 is 23.6 Å². The van der Waals surface area contributed by atoms with Crippen LogP contribution in [0.25, 0.3) is 0 Å². The van der Waals surface area contributed by atoms with Gasteiger partial charge in [0.25, 0.3) is 0 Å². The van der Waals surface area contributed by atoms with Crippen LogP contribution in [0.2, 0.25) is 0 Å². The number of nitrogens with one attached hydrogen (secondary N) is 2. The standard InChI is InChI=1S/C15H29ClN2O3/c1-5-6-7-12(9-11-17-13(19)8-10-16)18-14(20)21-15(2,3)4/h12H,5-11H2,1-4H3,(H,17,19)(H,18,20). The van der Waals surface area contributed by atoms with E-state index >= 15 is 0 Å². The fraction of sp³-hybridized carbons (Fsp3) is 0.867. The number of halogens is 1. The molecule has 0 rings (SSSR count). The highest BCUT2D eigenvalue weighted by atomic mass is 35.5. The summed E-state index contributed by atoms with van der Waals surface area (Å²) in [6.45, 7) is 8.13. The molecule has 5 nitrogen and oxygen atoms in total. The third kappa shape index (κ3) is 12.5. The normalized spacial score (nSPS) is 12.6. The Morgan fingerprint density at radius 2 is 1.90 bits per heavy atom. The number of carbonyl (C=O) groups is 2. The van der Waals surface area contributed by atoms with E-state index in [0.717, 1.165) is 19.3 Å². The predicted molar refractivity (Wildman–Crippen MR) is 85.6 cm³/mol. The molecule has 6 heteroatoms. The molecule has 1 atom stereocenters. The summed E-state index contributed by atoms with van der Waals surface area (Å²) in [5.74, 6) is 0.262. The zero-order valence-corrected chi connectivity index (χ0v) is 14.4. The third-order valence-corrected chi connectivity index (χ3v) is 2.95. The molecule has 0 heterocycles. The van der Waals surface area contributed by atoms with Crippen molar-refractivity contribution in [3.8, 4) is 0 Å². The van der Waals surface area contributed by atoms with E-state index in [4.69, 9.17) is 16.3 Å². The Labute approximate surface area is 133 Å². The number of hydrogen-bond acceptors (Lipinski definition) is 3. The second-order valence-corrected chi connectivity index (χ2v) is 6.44. The number of carbonyl (C=O) groups excluding carboxylic acids is 2. The third-order valence-electron chi connectivity index (χ3n) is 2.76. The van der Waals surface area contributed by atoms with Gasteiger partial charge in [0.05, 0.1) is 0 Å². The average molecular weight is 321 g/mol. The van der Waals surface area contributed by atoms with Crippen molar-refractivity contribution in [1.82, 2.24) is 10.6 Å². The lowest BCUT2D eigenvalue weighted by atomic mass is 10.1. The van der Waals surface area contributed by atoms with Crippen molar-refractivity contribution in [3.63, 3.8) is 0 Å². The number of alkyl carbamates (subject to hydrolysis) is 1. The number of rotatable bonds is 9. The van der Waals surface area contributed by atoms with E-state index in [2.05, 4.69) is 17.6 Å². The van der Waals surface area contributed by atoms with Crippen molar-refractivity contribution in [1.29, 1.82) is 0 Å². The first kappa shape index (κ1) is 20.0. The van der Waals surface area contributed by atoms with Crippen LogP contribution in [0.4, 0.5) is 4.79 Å². The average Bonchev–Trinajstić information content (AvgIpc) is 2.33. The number of ether oxygens (including phenoxy) is 1. The summed E-state index contributed by atoms with van der Waals surface area (Å²) >= 11 is 5.50. The Bertz CT molecular complexity index is 317. The first-order valence-electron chi connectivity index (χ1n) is 7.60. The predicted octanol–water partition coefficient (Wildman–Crippen LogP) is 3.21. The van der Waals surface area contributed by atoms with E-state index < -0.39 is 11.7 Å². The van der Waals surface area contributed by atoms with Gasteiger partial charge in [0.1, 0.15) is 5.60 Å². The van der Waals surface area contributed by atoms with Crippen LogP contribution in [0.5, 0.6) is 0 Å². The second-order valence-electron chi connectivity index (χ2n) is 6.06. The summed E-state index contributed by atoms with van der Waals surface area (Å²) in [5, 5.41) is 5.67. The Morgan fingerprint density at radius 3 is 2.43 bits per heavy atom. The molecule has 0 radical (unpaired) electrons. The van der Waals surface area contributed by atoms with Gasteiger partial charge >= 0.3 is 6.09 Å². The fourth-order valence-corrected chi connectivity index (χ4v) is 1.95. The number of hydrogen-bond donors (Lipinski definition) is 2. The first-order valence-corrected chi connectivity index (χ1v) is 8.14. The van der Waals surface area contributed by atoms with Gasteiger partial charge in [-0.2, -0.15) is 0 Å². The monoisotopic (exact) mass is 320 g/mol. The molecule has 0 aliphatic rings. The van der Waals surface area contributed by atoms with Crippen LogP contribution in [-0.2, 0) is 9.53 Å². The Kier molecular flexibility index (Phi) is 10.2. The fourth-order valence-electron chi connectivity index (χ4n) is 1.77. The maximum atomic E-state index is 11.8. The van der Waals surface area contributed by atoms with Gasteiger partial charge in [-0.1, -0.05) is 19.8 Å². The maximum absolute atomic E-state index is 11.8. The van der Waals surface area contributed by atoms with Crippen molar-refractivity contribution in [2.24, 2.45) is 0 Å². The van der Waals surface area contributed by atoms with Gasteiger partial charge < -0.3 is 15.4 Å². The molecule has 0 spiro atoms. The largest absolute Gasteiger partial charge is 0.444 e. The lowest BCUT2D eigenvalue weighted by Gasteiger charge is -2.23. The van der Waals surface area contributed by atoms with Crippen molar-refractivity contribution in [2.75, 3.05) is 12.4 Å². The maximum Gasteiger partial charge on any atom is 0.407 e. The second kappa shape index (κ2) is 10.7. The minimum atomic E-state index is -0.506. The van der Waals surface area contributed by atoms with Gasteiger partial charge in [-0.15, -0.1) is 11.6 Å². The van der Waals surface area contributed by atoms with Crippen LogP contribution in [0.1, 0.15) is 59.8 Å².